The van der Waals surface area contributed by atoms with E-state index in [0.717, 1.165) is 12.1 Å². The molecule has 0 aliphatic carbocycles. The number of fused-ring (bicyclic) bond motifs is 1. The van der Waals surface area contributed by atoms with Crippen LogP contribution in [0.5, 0.6) is 0 Å². The maximum atomic E-state index is 13.0. The van der Waals surface area contributed by atoms with E-state index < -0.39 is 18.3 Å². The van der Waals surface area contributed by atoms with Gasteiger partial charge in [0.05, 0.1) is 5.52 Å². The average molecular weight is 242 g/mol. The molecular weight excluding hydrogens is 233 g/mol. The van der Waals surface area contributed by atoms with E-state index in [4.69, 9.17) is 0 Å². The molecule has 0 atom stereocenters. The quantitative estimate of drug-likeness (QED) is 0.862. The Hall–Kier alpha value is -1.98. The van der Waals surface area contributed by atoms with Crippen molar-refractivity contribution < 1.29 is 18.0 Å². The molecule has 0 aliphatic rings. The lowest BCUT2D eigenvalue weighted by Crippen LogP contribution is -2.21. The van der Waals surface area contributed by atoms with Crippen molar-refractivity contribution >= 4 is 16.8 Å². The zero-order chi connectivity index (χ0) is 12.6. The number of amides is 1. The number of hydrogen-bond acceptors (Lipinski definition) is 1. The maximum Gasteiger partial charge on any atom is 0.319 e. The first kappa shape index (κ1) is 11.5. The van der Waals surface area contributed by atoms with E-state index in [1.165, 1.54) is 19.2 Å². The summed E-state index contributed by atoms with van der Waals surface area (Å²) in [6.45, 7) is -2.86. The fourth-order valence-corrected chi connectivity index (χ4v) is 1.72. The number of aromatic nitrogens is 1. The van der Waals surface area contributed by atoms with Crippen molar-refractivity contribution in [2.75, 3.05) is 7.05 Å². The normalized spacial score (nSPS) is 11.1. The second kappa shape index (κ2) is 4.12. The monoisotopic (exact) mass is 242 g/mol. The van der Waals surface area contributed by atoms with Crippen LogP contribution < -0.4 is 5.32 Å². The lowest BCUT2D eigenvalue weighted by atomic mass is 10.2. The van der Waals surface area contributed by atoms with E-state index >= 15 is 0 Å². The Bertz CT molecular complexity index is 577. The number of nitrogens with zero attached hydrogens (tertiary/aromatic N) is 1. The molecule has 1 heterocycles. The van der Waals surface area contributed by atoms with Crippen LogP contribution in [0.4, 0.5) is 13.2 Å². The molecule has 90 valence electrons. The standard InChI is InChI=1S/C11H9F3N2O/c1-15-10(17)9-5-6-4-7(12)2-3-8(6)16(9)11(13)14/h2-5,11H,1H3,(H,15,17). The van der Waals surface area contributed by atoms with E-state index in [9.17, 15) is 18.0 Å². The van der Waals surface area contributed by atoms with Gasteiger partial charge in [-0.25, -0.2) is 4.39 Å². The maximum absolute atomic E-state index is 13.0. The minimum Gasteiger partial charge on any atom is -0.354 e. The number of benzene rings is 1. The minimum atomic E-state index is -2.86. The number of carbonyl (C=O) groups is 1. The highest BCUT2D eigenvalue weighted by atomic mass is 19.3. The van der Waals surface area contributed by atoms with E-state index in [2.05, 4.69) is 5.32 Å². The van der Waals surface area contributed by atoms with E-state index in [1.54, 1.807) is 0 Å². The highest BCUT2D eigenvalue weighted by Gasteiger charge is 2.20. The molecule has 3 nitrogen and oxygen atoms in total. The van der Waals surface area contributed by atoms with Crippen molar-refractivity contribution in [2.45, 2.75) is 6.55 Å². The molecule has 2 aromatic rings. The third-order valence-electron chi connectivity index (χ3n) is 2.46. The Morgan fingerprint density at radius 1 is 1.35 bits per heavy atom. The molecule has 0 saturated heterocycles. The Balaban J connectivity index is 2.74. The largest absolute Gasteiger partial charge is 0.354 e. The second-order valence-electron chi connectivity index (χ2n) is 3.46. The van der Waals surface area contributed by atoms with Crippen LogP contribution in [0, 0.1) is 5.82 Å². The topological polar surface area (TPSA) is 34.0 Å². The number of rotatable bonds is 2. The third-order valence-corrected chi connectivity index (χ3v) is 2.46. The molecule has 1 aromatic carbocycles. The smallest absolute Gasteiger partial charge is 0.319 e. The number of carbonyl (C=O) groups excluding carboxylic acids is 1. The van der Waals surface area contributed by atoms with Crippen molar-refractivity contribution in [1.82, 2.24) is 9.88 Å². The van der Waals surface area contributed by atoms with Crippen molar-refractivity contribution in [1.29, 1.82) is 0 Å². The molecule has 0 aliphatic heterocycles. The molecule has 1 amide bonds. The Labute approximate surface area is 94.8 Å². The number of hydrogen-bond donors (Lipinski definition) is 1. The van der Waals surface area contributed by atoms with Crippen LogP contribution in [0.3, 0.4) is 0 Å². The first-order valence-corrected chi connectivity index (χ1v) is 4.85. The van der Waals surface area contributed by atoms with Gasteiger partial charge in [0.2, 0.25) is 0 Å². The van der Waals surface area contributed by atoms with Gasteiger partial charge in [-0.2, -0.15) is 8.78 Å². The first-order valence-electron chi connectivity index (χ1n) is 4.85. The number of alkyl halides is 2. The molecule has 0 radical (unpaired) electrons. The fraction of sp³-hybridized carbons (Fsp3) is 0.182. The van der Waals surface area contributed by atoms with Crippen LogP contribution in [-0.4, -0.2) is 17.5 Å². The molecule has 0 spiro atoms. The van der Waals surface area contributed by atoms with Crippen molar-refractivity contribution in [2.24, 2.45) is 0 Å². The summed E-state index contributed by atoms with van der Waals surface area (Å²) in [6.07, 6.45) is 0. The SMILES string of the molecule is CNC(=O)c1cc2cc(F)ccc2n1C(F)F. The Kier molecular flexibility index (Phi) is 2.79. The molecule has 0 bridgehead atoms. The van der Waals surface area contributed by atoms with Crippen molar-refractivity contribution in [3.05, 3.63) is 35.8 Å². The highest BCUT2D eigenvalue weighted by Crippen LogP contribution is 2.26. The van der Waals surface area contributed by atoms with Gasteiger partial charge in [0.25, 0.3) is 5.91 Å². The van der Waals surface area contributed by atoms with Crippen LogP contribution in [-0.2, 0) is 0 Å². The predicted octanol–water partition coefficient (Wildman–Crippen LogP) is 2.54. The molecule has 0 unspecified atom stereocenters. The summed E-state index contributed by atoms with van der Waals surface area (Å²) < 4.78 is 39.3. The van der Waals surface area contributed by atoms with Gasteiger partial charge in [-0.1, -0.05) is 0 Å². The summed E-state index contributed by atoms with van der Waals surface area (Å²) in [6, 6.07) is 4.65. The summed E-state index contributed by atoms with van der Waals surface area (Å²) >= 11 is 0. The van der Waals surface area contributed by atoms with Gasteiger partial charge in [-0.15, -0.1) is 0 Å². The van der Waals surface area contributed by atoms with Gasteiger partial charge in [-0.05, 0) is 24.3 Å². The predicted molar refractivity (Wildman–Crippen MR) is 56.5 cm³/mol. The van der Waals surface area contributed by atoms with Gasteiger partial charge < -0.3 is 5.32 Å². The van der Waals surface area contributed by atoms with E-state index in [1.807, 2.05) is 0 Å². The van der Waals surface area contributed by atoms with Crippen LogP contribution in [0.2, 0.25) is 0 Å². The second-order valence-corrected chi connectivity index (χ2v) is 3.46. The molecule has 2 rings (SSSR count). The zero-order valence-corrected chi connectivity index (χ0v) is 8.88. The van der Waals surface area contributed by atoms with Crippen LogP contribution >= 0.6 is 0 Å². The zero-order valence-electron chi connectivity index (χ0n) is 8.88. The van der Waals surface area contributed by atoms with Gasteiger partial charge in [0.15, 0.2) is 0 Å². The van der Waals surface area contributed by atoms with Gasteiger partial charge >= 0.3 is 6.55 Å². The molecule has 0 fully saturated rings. The van der Waals surface area contributed by atoms with E-state index in [-0.39, 0.29) is 16.6 Å². The molecule has 17 heavy (non-hydrogen) atoms. The van der Waals surface area contributed by atoms with Crippen molar-refractivity contribution in [3.63, 3.8) is 0 Å². The summed E-state index contributed by atoms with van der Waals surface area (Å²) in [5.41, 5.74) is -0.0666. The summed E-state index contributed by atoms with van der Waals surface area (Å²) in [5, 5.41) is 2.53. The summed E-state index contributed by atoms with van der Waals surface area (Å²) in [4.78, 5) is 11.4. The van der Waals surface area contributed by atoms with Crippen LogP contribution in [0.25, 0.3) is 10.9 Å². The third kappa shape index (κ3) is 1.86. The minimum absolute atomic E-state index is 0.125. The van der Waals surface area contributed by atoms with Gasteiger partial charge in [0.1, 0.15) is 11.5 Å². The number of nitrogens with one attached hydrogen (secondary N) is 1. The van der Waals surface area contributed by atoms with Crippen molar-refractivity contribution in [3.8, 4) is 0 Å². The fourth-order valence-electron chi connectivity index (χ4n) is 1.72. The summed E-state index contributed by atoms with van der Waals surface area (Å²) in [7, 11) is 1.34. The van der Waals surface area contributed by atoms with Gasteiger partial charge in [-0.3, -0.25) is 9.36 Å². The Morgan fingerprint density at radius 3 is 2.65 bits per heavy atom. The molecular formula is C11H9F3N2O. The van der Waals surface area contributed by atoms with Crippen LogP contribution in [0.1, 0.15) is 17.0 Å². The van der Waals surface area contributed by atoms with Gasteiger partial charge in [0, 0.05) is 12.4 Å². The lowest BCUT2D eigenvalue weighted by molar-refractivity contribution is 0.0676. The highest BCUT2D eigenvalue weighted by molar-refractivity contribution is 5.98. The Morgan fingerprint density at radius 2 is 2.06 bits per heavy atom. The molecule has 0 saturated carbocycles. The van der Waals surface area contributed by atoms with E-state index in [0.29, 0.717) is 4.57 Å². The number of halogens is 3. The molecule has 1 N–H and O–H groups in total. The summed E-state index contributed by atoms with van der Waals surface area (Å²) in [5.74, 6) is -1.17. The molecule has 1 aromatic heterocycles. The molecule has 6 heteroatoms. The average Bonchev–Trinajstić information content (AvgIpc) is 2.66. The lowest BCUT2D eigenvalue weighted by Gasteiger charge is -2.07. The first-order chi connectivity index (χ1) is 8.04. The van der Waals surface area contributed by atoms with Crippen LogP contribution in [0.15, 0.2) is 24.3 Å².